The molecule has 0 fully saturated rings. The first-order chi connectivity index (χ1) is 3.00. The van der Waals surface area contributed by atoms with Crippen molar-refractivity contribution in [3.63, 3.8) is 0 Å². The SMILES string of the molecule is O.c1coooo1. The summed E-state index contributed by atoms with van der Waals surface area (Å²) in [6.45, 7) is 0. The molecule has 0 saturated heterocycles. The third-order valence-electron chi connectivity index (χ3n) is 0.273. The average Bonchev–Trinajstić information content (AvgIpc) is 1.72. The highest BCUT2D eigenvalue weighted by molar-refractivity contribution is 4.39. The van der Waals surface area contributed by atoms with Crippen molar-refractivity contribution < 1.29 is 24.1 Å². The van der Waals surface area contributed by atoms with Gasteiger partial charge in [-0.25, -0.2) is 0 Å². The summed E-state index contributed by atoms with van der Waals surface area (Å²) >= 11 is 0. The molecule has 0 aliphatic heterocycles. The molecule has 2 N–H and O–H groups in total. The Morgan fingerprint density at radius 2 is 1.29 bits per heavy atom. The van der Waals surface area contributed by atoms with Gasteiger partial charge in [0.05, 0.1) is 0 Å². The van der Waals surface area contributed by atoms with Crippen LogP contribution in [-0.4, -0.2) is 5.48 Å². The first kappa shape index (κ1) is 5.90. The molecule has 0 radical (unpaired) electrons. The van der Waals surface area contributed by atoms with E-state index in [1.807, 2.05) is 0 Å². The molecule has 0 saturated carbocycles. The van der Waals surface area contributed by atoms with Gasteiger partial charge in [0.2, 0.25) is 0 Å². The largest absolute Gasteiger partial charge is 0.412 e. The Kier molecular flexibility index (Phi) is 2.62. The highest BCUT2D eigenvalue weighted by Gasteiger charge is 1.62. The molecular formula is C2H4O5. The molecule has 0 aliphatic rings. The molecule has 42 valence electrons. The zero-order valence-electron chi connectivity index (χ0n) is 3.29. The standard InChI is InChI=1S/C2H2O4.H2O/c1-2-4-6-5-3-1;/h1-2H;1H2. The van der Waals surface area contributed by atoms with Crippen LogP contribution in [0.5, 0.6) is 0 Å². The third-order valence-corrected chi connectivity index (χ3v) is 0.273. The highest BCUT2D eigenvalue weighted by atomic mass is 17.4. The summed E-state index contributed by atoms with van der Waals surface area (Å²) in [4.78, 5) is 0. The lowest BCUT2D eigenvalue weighted by atomic mass is 11.1. The minimum absolute atomic E-state index is 0. The van der Waals surface area contributed by atoms with Crippen molar-refractivity contribution in [2.75, 3.05) is 0 Å². The topological polar surface area (TPSA) is 84.1 Å². The summed E-state index contributed by atoms with van der Waals surface area (Å²) < 4.78 is 15.6. The zero-order valence-corrected chi connectivity index (χ0v) is 3.29. The van der Waals surface area contributed by atoms with Gasteiger partial charge >= 0.3 is 0 Å². The lowest BCUT2D eigenvalue weighted by Gasteiger charge is -1.69. The Hall–Kier alpha value is -1.10. The summed E-state index contributed by atoms with van der Waals surface area (Å²) in [7, 11) is 0. The minimum atomic E-state index is 0. The van der Waals surface area contributed by atoms with Crippen LogP contribution in [0, 0.1) is 0 Å². The van der Waals surface area contributed by atoms with Gasteiger partial charge in [-0.3, -0.25) is 9.15 Å². The van der Waals surface area contributed by atoms with Gasteiger partial charge in [-0.05, 0) is 9.47 Å². The van der Waals surface area contributed by atoms with Gasteiger partial charge in [0, 0.05) is 0 Å². The van der Waals surface area contributed by atoms with Crippen LogP contribution < -0.4 is 0 Å². The maximum absolute atomic E-state index is 4.04. The lowest BCUT2D eigenvalue weighted by Crippen LogP contribution is -1.48. The second kappa shape index (κ2) is 3.10. The Bertz CT molecular complexity index is 78.0. The van der Waals surface area contributed by atoms with E-state index in [1.165, 1.54) is 12.5 Å². The van der Waals surface area contributed by atoms with Crippen LogP contribution in [0.15, 0.2) is 31.2 Å². The molecule has 1 aromatic heterocycles. The average molecular weight is 108 g/mol. The Morgan fingerprint density at radius 3 is 1.43 bits per heavy atom. The Morgan fingerprint density at radius 1 is 0.857 bits per heavy atom. The van der Waals surface area contributed by atoms with E-state index in [2.05, 4.69) is 18.6 Å². The van der Waals surface area contributed by atoms with Crippen molar-refractivity contribution in [1.29, 1.82) is 0 Å². The fraction of sp³-hybridized carbons (Fsp3) is 0. The van der Waals surface area contributed by atoms with Crippen molar-refractivity contribution in [2.24, 2.45) is 0 Å². The van der Waals surface area contributed by atoms with Gasteiger partial charge in [0.25, 0.3) is 0 Å². The van der Waals surface area contributed by atoms with Crippen molar-refractivity contribution >= 4 is 0 Å². The number of rotatable bonds is 0. The van der Waals surface area contributed by atoms with Gasteiger partial charge in [-0.1, -0.05) is 0 Å². The van der Waals surface area contributed by atoms with Crippen LogP contribution in [0.4, 0.5) is 0 Å². The first-order valence-electron chi connectivity index (χ1n) is 1.30. The van der Waals surface area contributed by atoms with E-state index in [0.29, 0.717) is 0 Å². The van der Waals surface area contributed by atoms with Gasteiger partial charge in [0.1, 0.15) is 0 Å². The van der Waals surface area contributed by atoms with Crippen LogP contribution in [0.1, 0.15) is 0 Å². The van der Waals surface area contributed by atoms with E-state index >= 15 is 0 Å². The summed E-state index contributed by atoms with van der Waals surface area (Å²) in [6.07, 6.45) is 2.40. The number of hydrogen-bond donors (Lipinski definition) is 0. The van der Waals surface area contributed by atoms with E-state index in [4.69, 9.17) is 0 Å². The van der Waals surface area contributed by atoms with Gasteiger partial charge < -0.3 is 5.48 Å². The third kappa shape index (κ3) is 1.72. The molecular weight excluding hydrogens is 104 g/mol. The molecule has 0 unspecified atom stereocenters. The molecule has 5 heteroatoms. The van der Waals surface area contributed by atoms with Crippen molar-refractivity contribution in [1.82, 2.24) is 0 Å². The molecule has 0 atom stereocenters. The van der Waals surface area contributed by atoms with E-state index in [1.54, 1.807) is 0 Å². The fourth-order valence-electron chi connectivity index (χ4n) is 0.123. The van der Waals surface area contributed by atoms with Crippen molar-refractivity contribution in [3.8, 4) is 0 Å². The molecule has 0 bridgehead atoms. The van der Waals surface area contributed by atoms with Crippen molar-refractivity contribution in [2.45, 2.75) is 0 Å². The predicted octanol–water partition coefficient (Wildman–Crippen LogP) is 0.358. The van der Waals surface area contributed by atoms with Gasteiger partial charge in [0.15, 0.2) is 12.5 Å². The first-order valence-corrected chi connectivity index (χ1v) is 1.30. The van der Waals surface area contributed by atoms with E-state index in [9.17, 15) is 0 Å². The monoisotopic (exact) mass is 108 g/mol. The summed E-state index contributed by atoms with van der Waals surface area (Å²) in [5.41, 5.74) is 0. The molecule has 5 nitrogen and oxygen atoms in total. The zero-order chi connectivity index (χ0) is 4.24. The van der Waals surface area contributed by atoms with Crippen LogP contribution in [0.3, 0.4) is 0 Å². The lowest BCUT2D eigenvalue weighted by molar-refractivity contribution is -0.311. The van der Waals surface area contributed by atoms with Crippen LogP contribution in [-0.2, 0) is 0 Å². The predicted molar refractivity (Wildman–Crippen MR) is 16.7 cm³/mol. The summed E-state index contributed by atoms with van der Waals surface area (Å²) in [5.74, 6) is 0. The second-order valence-electron chi connectivity index (χ2n) is 0.601. The molecule has 0 amide bonds. The van der Waals surface area contributed by atoms with E-state index in [0.717, 1.165) is 0 Å². The van der Waals surface area contributed by atoms with E-state index < -0.39 is 0 Å². The normalized spacial score (nSPS) is 6.86. The van der Waals surface area contributed by atoms with Crippen molar-refractivity contribution in [3.05, 3.63) is 12.5 Å². The quantitative estimate of drug-likeness (QED) is 0.449. The Labute approximate surface area is 37.9 Å². The Balaban J connectivity index is 0.000000360. The van der Waals surface area contributed by atoms with Crippen LogP contribution in [0.2, 0.25) is 0 Å². The van der Waals surface area contributed by atoms with E-state index in [-0.39, 0.29) is 5.48 Å². The second-order valence-corrected chi connectivity index (χ2v) is 0.601. The maximum atomic E-state index is 4.04. The molecule has 0 spiro atoms. The van der Waals surface area contributed by atoms with Crippen LogP contribution in [0.25, 0.3) is 0 Å². The molecule has 1 aromatic rings. The minimum Gasteiger partial charge on any atom is -0.412 e. The molecule has 7 heavy (non-hydrogen) atoms. The van der Waals surface area contributed by atoms with Gasteiger partial charge in [-0.2, -0.15) is 0 Å². The molecule has 0 aromatic carbocycles. The number of hydrogen-bond acceptors (Lipinski definition) is 4. The fourth-order valence-corrected chi connectivity index (χ4v) is 0.123. The molecule has 0 aliphatic carbocycles. The van der Waals surface area contributed by atoms with Crippen LogP contribution >= 0.6 is 0 Å². The molecule has 1 heterocycles. The smallest absolute Gasteiger partial charge is 0.187 e. The molecule has 1 rings (SSSR count). The summed E-state index contributed by atoms with van der Waals surface area (Å²) in [5, 5.41) is 0. The van der Waals surface area contributed by atoms with Gasteiger partial charge in [-0.15, -0.1) is 0 Å². The highest BCUT2D eigenvalue weighted by Crippen LogP contribution is 1.79. The summed E-state index contributed by atoms with van der Waals surface area (Å²) in [6, 6.07) is 0. The maximum Gasteiger partial charge on any atom is 0.187 e.